The molecule has 1 aliphatic rings. The van der Waals surface area contributed by atoms with Crippen molar-refractivity contribution in [2.45, 2.75) is 24.5 Å². The topological polar surface area (TPSA) is 150 Å². The molecule has 1 fully saturated rings. The lowest BCUT2D eigenvalue weighted by Crippen LogP contribution is -2.33. The number of hydrogen-bond donors (Lipinski definition) is 5. The Morgan fingerprint density at radius 2 is 2.03 bits per heavy atom. The van der Waals surface area contributed by atoms with Crippen LogP contribution in [0.2, 0.25) is 0 Å². The molecule has 0 amide bonds. The molecule has 5 N–H and O–H groups in total. The molecule has 0 spiro atoms. The second kappa shape index (κ2) is 8.71. The van der Waals surface area contributed by atoms with Gasteiger partial charge in [0.15, 0.2) is 23.2 Å². The van der Waals surface area contributed by atoms with E-state index in [1.807, 2.05) is 30.3 Å². The molecule has 0 bridgehead atoms. The van der Waals surface area contributed by atoms with Gasteiger partial charge < -0.3 is 30.7 Å². The summed E-state index contributed by atoms with van der Waals surface area (Å²) in [5.74, 6) is 0.765. The molecule has 1 aromatic carbocycles. The summed E-state index contributed by atoms with van der Waals surface area (Å²) in [5.41, 5.74) is 2.48. The highest BCUT2D eigenvalue weighted by Crippen LogP contribution is 2.33. The van der Waals surface area contributed by atoms with Crippen LogP contribution >= 0.6 is 0 Å². The van der Waals surface area contributed by atoms with E-state index in [2.05, 4.69) is 37.1 Å². The van der Waals surface area contributed by atoms with Crippen molar-refractivity contribution in [3.05, 3.63) is 55.5 Å². The Balaban J connectivity index is 1.55. The zero-order valence-corrected chi connectivity index (χ0v) is 17.5. The Labute approximate surface area is 188 Å². The van der Waals surface area contributed by atoms with Gasteiger partial charge in [-0.05, 0) is 24.3 Å². The fraction of sp³-hybridized carbons (Fsp3) is 0.273. The highest BCUT2D eigenvalue weighted by molar-refractivity contribution is 5.86. The van der Waals surface area contributed by atoms with Crippen LogP contribution in [0.5, 0.6) is 0 Å². The van der Waals surface area contributed by atoms with E-state index in [1.165, 1.54) is 10.9 Å². The zero-order valence-electron chi connectivity index (χ0n) is 17.5. The van der Waals surface area contributed by atoms with E-state index >= 15 is 0 Å². The van der Waals surface area contributed by atoms with Crippen molar-refractivity contribution in [1.29, 1.82) is 0 Å². The smallest absolute Gasteiger partial charge is 0.231 e. The molecule has 33 heavy (non-hydrogen) atoms. The maximum absolute atomic E-state index is 10.5. The van der Waals surface area contributed by atoms with Crippen molar-refractivity contribution in [2.24, 2.45) is 0 Å². The number of aromatic nitrogens is 5. The third-order valence-electron chi connectivity index (χ3n) is 5.49. The highest BCUT2D eigenvalue weighted by atomic mass is 16.6. The maximum Gasteiger partial charge on any atom is 0.231 e. The van der Waals surface area contributed by atoms with E-state index in [0.717, 1.165) is 16.6 Å². The summed E-state index contributed by atoms with van der Waals surface area (Å²) in [6.45, 7) is 3.75. The summed E-state index contributed by atoms with van der Waals surface area (Å²) in [6, 6.07) is 9.55. The van der Waals surface area contributed by atoms with Crippen molar-refractivity contribution in [3.8, 4) is 0 Å². The van der Waals surface area contributed by atoms with E-state index in [4.69, 9.17) is 4.74 Å². The van der Waals surface area contributed by atoms with Gasteiger partial charge in [0.05, 0.1) is 18.5 Å². The second-order valence-electron chi connectivity index (χ2n) is 7.65. The Bertz CT molecular complexity index is 1310. The van der Waals surface area contributed by atoms with Gasteiger partial charge in [0, 0.05) is 23.8 Å². The normalized spacial score (nSPS) is 22.6. The van der Waals surface area contributed by atoms with Crippen LogP contribution in [-0.4, -0.2) is 71.3 Å². The van der Waals surface area contributed by atoms with Crippen LogP contribution in [0.4, 0.5) is 17.5 Å². The Hall–Kier alpha value is -3.64. The number of pyridine rings is 1. The lowest BCUT2D eigenvalue weighted by Gasteiger charge is -2.17. The Kier molecular flexibility index (Phi) is 5.60. The number of rotatable bonds is 7. The fourth-order valence-corrected chi connectivity index (χ4v) is 3.84. The van der Waals surface area contributed by atoms with E-state index in [0.29, 0.717) is 29.5 Å². The van der Waals surface area contributed by atoms with Gasteiger partial charge in [0.2, 0.25) is 5.95 Å². The number of aliphatic hydroxyl groups is 3. The molecule has 1 saturated heterocycles. The molecule has 4 heterocycles. The predicted octanol–water partition coefficient (Wildman–Crippen LogP) is 1.33. The number of fused-ring (bicyclic) bond motifs is 2. The average Bonchev–Trinajstić information content (AvgIpc) is 3.38. The third-order valence-corrected chi connectivity index (χ3v) is 5.49. The molecule has 0 saturated carbocycles. The van der Waals surface area contributed by atoms with Gasteiger partial charge in [-0.15, -0.1) is 6.58 Å². The number of hydrogen-bond acceptors (Lipinski definition) is 10. The minimum absolute atomic E-state index is 0.297. The first-order chi connectivity index (χ1) is 16.1. The first kappa shape index (κ1) is 21.2. The van der Waals surface area contributed by atoms with E-state index in [9.17, 15) is 15.3 Å². The molecule has 5 rings (SSSR count). The zero-order chi connectivity index (χ0) is 22.9. The summed E-state index contributed by atoms with van der Waals surface area (Å²) in [5, 5.41) is 37.4. The van der Waals surface area contributed by atoms with Crippen LogP contribution in [0.3, 0.4) is 0 Å². The summed E-state index contributed by atoms with van der Waals surface area (Å²) in [6.07, 6.45) is 0.522. The number of anilines is 3. The largest absolute Gasteiger partial charge is 0.394 e. The summed E-state index contributed by atoms with van der Waals surface area (Å²) in [4.78, 5) is 17.9. The van der Waals surface area contributed by atoms with Crippen LogP contribution in [0.15, 0.2) is 55.5 Å². The van der Waals surface area contributed by atoms with Gasteiger partial charge in [-0.1, -0.05) is 12.1 Å². The standard InChI is InChI=1S/C22H23N7O4/c1-2-7-24-19-16-20(29(11-25-16)21-18(32)17(31)15(10-30)33-21)28-22(27-19)26-13-5-6-14-12(9-13)4-3-8-23-14/h2-6,8-9,11,15,17-18,21,30-32H,1,7,10H2,(H2,24,26,27,28). The van der Waals surface area contributed by atoms with Gasteiger partial charge in [-0.3, -0.25) is 9.55 Å². The number of benzene rings is 1. The Morgan fingerprint density at radius 3 is 2.82 bits per heavy atom. The van der Waals surface area contributed by atoms with Crippen LogP contribution < -0.4 is 10.6 Å². The SMILES string of the molecule is C=CCNc1nc(Nc2ccc3ncccc3c2)nc2c1ncn2C1OC(CO)C(O)C1O. The summed E-state index contributed by atoms with van der Waals surface area (Å²) in [7, 11) is 0. The van der Waals surface area contributed by atoms with Crippen LogP contribution in [0.25, 0.3) is 22.1 Å². The predicted molar refractivity (Wildman–Crippen MR) is 122 cm³/mol. The molecular weight excluding hydrogens is 426 g/mol. The van der Waals surface area contributed by atoms with E-state index < -0.39 is 31.1 Å². The lowest BCUT2D eigenvalue weighted by molar-refractivity contribution is -0.0511. The maximum atomic E-state index is 10.5. The first-order valence-corrected chi connectivity index (χ1v) is 10.4. The molecule has 1 aliphatic heterocycles. The minimum atomic E-state index is -1.26. The molecule has 0 radical (unpaired) electrons. The average molecular weight is 449 g/mol. The molecule has 170 valence electrons. The van der Waals surface area contributed by atoms with E-state index in [1.54, 1.807) is 12.3 Å². The molecule has 4 aromatic rings. The quantitative estimate of drug-likeness (QED) is 0.261. The van der Waals surface area contributed by atoms with Crippen LogP contribution in [-0.2, 0) is 4.74 Å². The van der Waals surface area contributed by atoms with Crippen molar-refractivity contribution in [3.63, 3.8) is 0 Å². The molecule has 11 heteroatoms. The van der Waals surface area contributed by atoms with Crippen molar-refractivity contribution in [2.75, 3.05) is 23.8 Å². The Morgan fingerprint density at radius 1 is 1.15 bits per heavy atom. The van der Waals surface area contributed by atoms with Crippen molar-refractivity contribution < 1.29 is 20.1 Å². The van der Waals surface area contributed by atoms with Gasteiger partial charge in [0.25, 0.3) is 0 Å². The minimum Gasteiger partial charge on any atom is -0.394 e. The molecule has 0 aliphatic carbocycles. The molecule has 11 nitrogen and oxygen atoms in total. The monoisotopic (exact) mass is 449 g/mol. The third kappa shape index (κ3) is 3.87. The number of nitrogens with zero attached hydrogens (tertiary/aromatic N) is 5. The van der Waals surface area contributed by atoms with Gasteiger partial charge >= 0.3 is 0 Å². The van der Waals surface area contributed by atoms with Gasteiger partial charge in [-0.25, -0.2) is 4.98 Å². The first-order valence-electron chi connectivity index (χ1n) is 10.4. The highest BCUT2D eigenvalue weighted by Gasteiger charge is 2.44. The number of ether oxygens (including phenoxy) is 1. The van der Waals surface area contributed by atoms with Gasteiger partial charge in [-0.2, -0.15) is 9.97 Å². The lowest BCUT2D eigenvalue weighted by atomic mass is 10.1. The van der Waals surface area contributed by atoms with Crippen LogP contribution in [0.1, 0.15) is 6.23 Å². The van der Waals surface area contributed by atoms with E-state index in [-0.39, 0.29) is 0 Å². The molecule has 4 atom stereocenters. The van der Waals surface area contributed by atoms with Crippen LogP contribution in [0, 0.1) is 0 Å². The molecule has 4 unspecified atom stereocenters. The van der Waals surface area contributed by atoms with Crippen molar-refractivity contribution in [1.82, 2.24) is 24.5 Å². The molecule has 3 aromatic heterocycles. The number of aliphatic hydroxyl groups excluding tert-OH is 3. The fourth-order valence-electron chi connectivity index (χ4n) is 3.84. The number of nitrogens with one attached hydrogen (secondary N) is 2. The number of imidazole rings is 1. The van der Waals surface area contributed by atoms with Crippen molar-refractivity contribution >= 4 is 39.5 Å². The summed E-state index contributed by atoms with van der Waals surface area (Å²) < 4.78 is 7.19. The summed E-state index contributed by atoms with van der Waals surface area (Å²) >= 11 is 0. The second-order valence-corrected chi connectivity index (χ2v) is 7.65. The van der Waals surface area contributed by atoms with Gasteiger partial charge in [0.1, 0.15) is 18.3 Å². The molecular formula is C22H23N7O4.